The van der Waals surface area contributed by atoms with E-state index in [9.17, 15) is 13.2 Å². The summed E-state index contributed by atoms with van der Waals surface area (Å²) in [6.45, 7) is 4.83. The van der Waals surface area contributed by atoms with Crippen molar-refractivity contribution < 1.29 is 13.2 Å². The van der Waals surface area contributed by atoms with Gasteiger partial charge >= 0.3 is 0 Å². The number of amides is 1. The molecule has 0 bridgehead atoms. The summed E-state index contributed by atoms with van der Waals surface area (Å²) in [4.78, 5) is 12.1. The number of carbonyl (C=O) groups excluding carboxylic acids is 1. The molecule has 1 aliphatic rings. The van der Waals surface area contributed by atoms with Crippen LogP contribution in [0.15, 0.2) is 23.1 Å². The van der Waals surface area contributed by atoms with Gasteiger partial charge in [0, 0.05) is 17.2 Å². The first-order valence-corrected chi connectivity index (χ1v) is 9.37. The Bertz CT molecular complexity index is 667. The predicted molar refractivity (Wildman–Crippen MR) is 83.3 cm³/mol. The molecule has 0 spiro atoms. The Balaban J connectivity index is 2.16. The van der Waals surface area contributed by atoms with E-state index in [1.54, 1.807) is 0 Å². The zero-order valence-electron chi connectivity index (χ0n) is 11.8. The second-order valence-corrected chi connectivity index (χ2v) is 8.75. The van der Waals surface area contributed by atoms with E-state index in [4.69, 9.17) is 22.3 Å². The van der Waals surface area contributed by atoms with Crippen molar-refractivity contribution in [3.05, 3.63) is 28.8 Å². The molecule has 4 nitrogen and oxygen atoms in total. The molecule has 0 radical (unpaired) electrons. The van der Waals surface area contributed by atoms with Crippen molar-refractivity contribution in [2.24, 2.45) is 11.3 Å². The molecule has 1 amide bonds. The minimum absolute atomic E-state index is 0.123. The second-order valence-electron chi connectivity index (χ2n) is 5.78. The lowest BCUT2D eigenvalue weighted by Crippen LogP contribution is -2.32. The number of benzene rings is 1. The number of nitrogens with one attached hydrogen (secondary N) is 1. The Morgan fingerprint density at radius 1 is 1.38 bits per heavy atom. The fourth-order valence-electron chi connectivity index (χ4n) is 2.30. The number of halogens is 2. The van der Waals surface area contributed by atoms with Gasteiger partial charge in [-0.05, 0) is 42.4 Å². The fourth-order valence-corrected chi connectivity index (χ4v) is 3.28. The Kier molecular flexibility index (Phi) is 4.57. The third kappa shape index (κ3) is 3.71. The molecule has 21 heavy (non-hydrogen) atoms. The van der Waals surface area contributed by atoms with Gasteiger partial charge in [-0.1, -0.05) is 25.4 Å². The summed E-state index contributed by atoms with van der Waals surface area (Å²) in [5.74, 6) is 0.108. The molecule has 1 aromatic carbocycles. The maximum absolute atomic E-state index is 12.2. The lowest BCUT2D eigenvalue weighted by Gasteiger charge is -2.20. The van der Waals surface area contributed by atoms with Gasteiger partial charge in [0.25, 0.3) is 15.0 Å². The molecule has 1 fully saturated rings. The molecular weight excluding hydrogens is 333 g/mol. The van der Waals surface area contributed by atoms with Crippen LogP contribution >= 0.6 is 22.3 Å². The molecule has 2 rings (SSSR count). The standard InChI is InChI=1S/C14H17Cl2NO3S/c1-9(2)14(5-6-14)8-17-13(18)11-7-10(21(16,19)20)3-4-12(11)15/h3-4,7,9H,5-6,8H2,1-2H3,(H,17,18). The van der Waals surface area contributed by atoms with Crippen LogP contribution in [0.3, 0.4) is 0 Å². The first-order chi connectivity index (χ1) is 9.66. The highest BCUT2D eigenvalue weighted by Gasteiger charge is 2.45. The Hall–Kier alpha value is -0.780. The molecule has 0 unspecified atom stereocenters. The molecule has 0 aliphatic heterocycles. The first kappa shape index (κ1) is 16.6. The van der Waals surface area contributed by atoms with Crippen molar-refractivity contribution in [1.29, 1.82) is 0 Å². The van der Waals surface area contributed by atoms with Crippen molar-refractivity contribution in [3.8, 4) is 0 Å². The van der Waals surface area contributed by atoms with Crippen LogP contribution in [0.1, 0.15) is 37.0 Å². The second kappa shape index (κ2) is 5.78. The minimum Gasteiger partial charge on any atom is -0.351 e. The molecule has 1 N–H and O–H groups in total. The molecule has 7 heteroatoms. The number of hydrogen-bond donors (Lipinski definition) is 1. The summed E-state index contributed by atoms with van der Waals surface area (Å²) in [5.41, 5.74) is 0.288. The average Bonchev–Trinajstić information content (AvgIpc) is 3.16. The van der Waals surface area contributed by atoms with E-state index in [1.165, 1.54) is 18.2 Å². The van der Waals surface area contributed by atoms with Crippen LogP contribution in [0.4, 0.5) is 0 Å². The van der Waals surface area contributed by atoms with Crippen LogP contribution in [-0.4, -0.2) is 20.9 Å². The zero-order chi connectivity index (χ0) is 15.8. The van der Waals surface area contributed by atoms with Crippen LogP contribution in [-0.2, 0) is 9.05 Å². The lowest BCUT2D eigenvalue weighted by molar-refractivity contribution is 0.0939. The summed E-state index contributed by atoms with van der Waals surface area (Å²) in [6, 6.07) is 3.84. The van der Waals surface area contributed by atoms with Crippen molar-refractivity contribution in [2.75, 3.05) is 6.54 Å². The highest BCUT2D eigenvalue weighted by molar-refractivity contribution is 8.13. The molecule has 116 valence electrons. The van der Waals surface area contributed by atoms with Crippen molar-refractivity contribution in [2.45, 2.75) is 31.6 Å². The zero-order valence-corrected chi connectivity index (χ0v) is 14.1. The first-order valence-electron chi connectivity index (χ1n) is 6.68. The monoisotopic (exact) mass is 349 g/mol. The Labute approximate surface area is 134 Å². The van der Waals surface area contributed by atoms with Crippen LogP contribution in [0.2, 0.25) is 5.02 Å². The number of hydrogen-bond acceptors (Lipinski definition) is 3. The molecule has 0 saturated heterocycles. The summed E-state index contributed by atoms with van der Waals surface area (Å²) >= 11 is 5.97. The normalized spacial score (nSPS) is 16.8. The quantitative estimate of drug-likeness (QED) is 0.828. The minimum atomic E-state index is -3.89. The van der Waals surface area contributed by atoms with E-state index >= 15 is 0 Å². The van der Waals surface area contributed by atoms with Gasteiger partial charge in [-0.2, -0.15) is 0 Å². The van der Waals surface area contributed by atoms with Gasteiger partial charge in [0.2, 0.25) is 0 Å². The van der Waals surface area contributed by atoms with Crippen molar-refractivity contribution >= 4 is 37.2 Å². The molecule has 1 aromatic rings. The van der Waals surface area contributed by atoms with Crippen LogP contribution < -0.4 is 5.32 Å². The van der Waals surface area contributed by atoms with Crippen molar-refractivity contribution in [1.82, 2.24) is 5.32 Å². The highest BCUT2D eigenvalue weighted by atomic mass is 35.7. The van der Waals surface area contributed by atoms with Crippen LogP contribution in [0, 0.1) is 11.3 Å². The predicted octanol–water partition coefficient (Wildman–Crippen LogP) is 3.43. The van der Waals surface area contributed by atoms with Gasteiger partial charge in [-0.3, -0.25) is 4.79 Å². The summed E-state index contributed by atoms with van der Waals surface area (Å²) in [6.07, 6.45) is 2.18. The third-order valence-electron chi connectivity index (χ3n) is 4.18. The van der Waals surface area contributed by atoms with Gasteiger partial charge in [0.05, 0.1) is 15.5 Å². The molecule has 1 saturated carbocycles. The van der Waals surface area contributed by atoms with Gasteiger partial charge in [-0.25, -0.2) is 8.42 Å². The topological polar surface area (TPSA) is 63.2 Å². The third-order valence-corrected chi connectivity index (χ3v) is 5.86. The highest BCUT2D eigenvalue weighted by Crippen LogP contribution is 2.51. The Morgan fingerprint density at radius 2 is 2.00 bits per heavy atom. The van der Waals surface area contributed by atoms with Crippen molar-refractivity contribution in [3.63, 3.8) is 0 Å². The maximum Gasteiger partial charge on any atom is 0.261 e. The fraction of sp³-hybridized carbons (Fsp3) is 0.500. The molecule has 0 heterocycles. The smallest absolute Gasteiger partial charge is 0.261 e. The molecule has 0 atom stereocenters. The molecule has 1 aliphatic carbocycles. The van der Waals surface area contributed by atoms with Gasteiger partial charge in [0.15, 0.2) is 0 Å². The molecule has 0 aromatic heterocycles. The van der Waals surface area contributed by atoms with E-state index in [0.29, 0.717) is 12.5 Å². The SMILES string of the molecule is CC(C)C1(CNC(=O)c2cc(S(=O)(=O)Cl)ccc2Cl)CC1. The maximum atomic E-state index is 12.2. The Morgan fingerprint density at radius 3 is 2.48 bits per heavy atom. The van der Waals surface area contributed by atoms with E-state index in [-0.39, 0.29) is 26.8 Å². The van der Waals surface area contributed by atoms with Crippen LogP contribution in [0.5, 0.6) is 0 Å². The average molecular weight is 350 g/mol. The van der Waals surface area contributed by atoms with E-state index in [2.05, 4.69) is 19.2 Å². The molecular formula is C14H17Cl2NO3S. The summed E-state index contributed by atoms with van der Waals surface area (Å²) < 4.78 is 22.7. The van der Waals surface area contributed by atoms with E-state index in [1.807, 2.05) is 0 Å². The lowest BCUT2D eigenvalue weighted by atomic mass is 9.92. The van der Waals surface area contributed by atoms with Crippen LogP contribution in [0.25, 0.3) is 0 Å². The number of carbonyl (C=O) groups is 1. The summed E-state index contributed by atoms with van der Waals surface area (Å²) in [5, 5.41) is 3.04. The van der Waals surface area contributed by atoms with Gasteiger partial charge in [0.1, 0.15) is 0 Å². The summed E-state index contributed by atoms with van der Waals surface area (Å²) in [7, 11) is 1.40. The van der Waals surface area contributed by atoms with Gasteiger partial charge < -0.3 is 5.32 Å². The van der Waals surface area contributed by atoms with E-state index in [0.717, 1.165) is 12.8 Å². The largest absolute Gasteiger partial charge is 0.351 e. The van der Waals surface area contributed by atoms with Gasteiger partial charge in [-0.15, -0.1) is 0 Å². The van der Waals surface area contributed by atoms with E-state index < -0.39 is 9.05 Å². The number of rotatable bonds is 5.